The molecule has 0 N–H and O–H groups in total. The lowest BCUT2D eigenvalue weighted by Gasteiger charge is -2.37. The Labute approximate surface area is 159 Å². The Bertz CT molecular complexity index is 449. The normalized spacial score (nSPS) is 16.7. The molecule has 22 heavy (non-hydrogen) atoms. The molecule has 3 nitrogen and oxygen atoms in total. The van der Waals surface area contributed by atoms with E-state index in [2.05, 4.69) is 51.5 Å². The first kappa shape index (κ1) is 19.1. The summed E-state index contributed by atoms with van der Waals surface area (Å²) >= 11 is 7.67. The van der Waals surface area contributed by atoms with Crippen molar-refractivity contribution in [2.45, 2.75) is 39.2 Å². The lowest BCUT2D eigenvalue weighted by molar-refractivity contribution is -0.137. The third-order valence-corrected chi connectivity index (χ3v) is 6.38. The summed E-state index contributed by atoms with van der Waals surface area (Å²) in [7, 11) is 0. The van der Waals surface area contributed by atoms with Gasteiger partial charge in [-0.2, -0.15) is 0 Å². The van der Waals surface area contributed by atoms with E-state index >= 15 is 0 Å². The Morgan fingerprint density at radius 1 is 1.23 bits per heavy atom. The monoisotopic (exact) mass is 502 g/mol. The standard InChI is InChI=1S/C16H24BrIO3S/c1-16(11-21-12-16)10-20-7-5-3-2-4-6-19-9-13-8-14(18)22-15(13)17/h8H,2-7,9-12H2,1H3. The van der Waals surface area contributed by atoms with Crippen molar-refractivity contribution in [1.82, 2.24) is 0 Å². The zero-order chi connectivity index (χ0) is 15.8. The van der Waals surface area contributed by atoms with E-state index < -0.39 is 0 Å². The van der Waals surface area contributed by atoms with E-state index in [0.717, 1.165) is 45.9 Å². The van der Waals surface area contributed by atoms with E-state index in [4.69, 9.17) is 14.2 Å². The van der Waals surface area contributed by atoms with Crippen LogP contribution in [-0.2, 0) is 20.8 Å². The number of unbranched alkanes of at least 4 members (excludes halogenated alkanes) is 3. The topological polar surface area (TPSA) is 27.7 Å². The van der Waals surface area contributed by atoms with Crippen molar-refractivity contribution in [2.75, 3.05) is 33.0 Å². The molecule has 1 fully saturated rings. The van der Waals surface area contributed by atoms with E-state index in [0.29, 0.717) is 6.61 Å². The van der Waals surface area contributed by atoms with E-state index in [1.807, 2.05) is 0 Å². The average molecular weight is 503 g/mol. The van der Waals surface area contributed by atoms with E-state index in [1.54, 1.807) is 11.3 Å². The number of rotatable bonds is 11. The third-order valence-electron chi connectivity index (χ3n) is 3.66. The quantitative estimate of drug-likeness (QED) is 0.305. The van der Waals surface area contributed by atoms with Crippen LogP contribution in [0.4, 0.5) is 0 Å². The number of halogens is 2. The minimum absolute atomic E-state index is 0.279. The van der Waals surface area contributed by atoms with Gasteiger partial charge in [0.15, 0.2) is 0 Å². The van der Waals surface area contributed by atoms with Crippen molar-refractivity contribution >= 4 is 49.9 Å². The molecule has 1 aliphatic heterocycles. The predicted molar refractivity (Wildman–Crippen MR) is 103 cm³/mol. The minimum Gasteiger partial charge on any atom is -0.381 e. The highest BCUT2D eigenvalue weighted by Gasteiger charge is 2.33. The molecule has 2 rings (SSSR count). The van der Waals surface area contributed by atoms with Gasteiger partial charge < -0.3 is 14.2 Å². The maximum atomic E-state index is 5.74. The summed E-state index contributed by atoms with van der Waals surface area (Å²) in [6, 6.07) is 2.18. The molecule has 0 amide bonds. The SMILES string of the molecule is CC1(COCCCCCCOCc2cc(I)sc2Br)COC1. The third kappa shape index (κ3) is 6.73. The molecule has 126 valence electrons. The molecule has 0 saturated carbocycles. The van der Waals surface area contributed by atoms with Crippen LogP contribution in [0.5, 0.6) is 0 Å². The Kier molecular flexibility index (Phi) is 8.63. The van der Waals surface area contributed by atoms with Crippen molar-refractivity contribution < 1.29 is 14.2 Å². The molecule has 0 bridgehead atoms. The highest BCUT2D eigenvalue weighted by molar-refractivity contribution is 14.1. The highest BCUT2D eigenvalue weighted by Crippen LogP contribution is 2.29. The van der Waals surface area contributed by atoms with Gasteiger partial charge >= 0.3 is 0 Å². The van der Waals surface area contributed by atoms with Gasteiger partial charge in [0.25, 0.3) is 0 Å². The molecule has 0 atom stereocenters. The summed E-state index contributed by atoms with van der Waals surface area (Å²) in [4.78, 5) is 0. The molecule has 0 aliphatic carbocycles. The van der Waals surface area contributed by atoms with E-state index in [1.165, 1.54) is 25.1 Å². The summed E-state index contributed by atoms with van der Waals surface area (Å²) in [6.45, 7) is 7.19. The van der Waals surface area contributed by atoms with Crippen LogP contribution in [0.15, 0.2) is 9.85 Å². The van der Waals surface area contributed by atoms with Crippen LogP contribution >= 0.6 is 49.9 Å². The fourth-order valence-corrected chi connectivity index (χ4v) is 5.59. The Balaban J connectivity index is 1.37. The maximum absolute atomic E-state index is 5.74. The number of hydrogen-bond donors (Lipinski definition) is 0. The van der Waals surface area contributed by atoms with Crippen molar-refractivity contribution in [3.05, 3.63) is 18.3 Å². The van der Waals surface area contributed by atoms with Crippen LogP contribution in [0.25, 0.3) is 0 Å². The zero-order valence-corrected chi connectivity index (χ0v) is 17.6. The largest absolute Gasteiger partial charge is 0.381 e. The molecule has 1 aromatic rings. The molecular weight excluding hydrogens is 479 g/mol. The summed E-state index contributed by atoms with van der Waals surface area (Å²) in [6.07, 6.45) is 4.71. The Morgan fingerprint density at radius 3 is 2.45 bits per heavy atom. The molecule has 0 radical (unpaired) electrons. The first-order valence-corrected chi connectivity index (χ1v) is 10.4. The van der Waals surface area contributed by atoms with Crippen LogP contribution in [0, 0.1) is 8.30 Å². The number of hydrogen-bond acceptors (Lipinski definition) is 4. The Morgan fingerprint density at radius 2 is 1.91 bits per heavy atom. The first-order chi connectivity index (χ1) is 10.6. The maximum Gasteiger partial charge on any atom is 0.0764 e. The minimum atomic E-state index is 0.279. The fraction of sp³-hybridized carbons (Fsp3) is 0.750. The second-order valence-corrected chi connectivity index (χ2v) is 10.4. The number of thiophene rings is 1. The summed E-state index contributed by atoms with van der Waals surface area (Å²) in [5.74, 6) is 0. The van der Waals surface area contributed by atoms with Gasteiger partial charge in [0.05, 0.1) is 33.1 Å². The molecule has 6 heteroatoms. The zero-order valence-electron chi connectivity index (χ0n) is 13.0. The molecule has 0 unspecified atom stereocenters. The predicted octanol–water partition coefficient (Wildman–Crippen LogP) is 5.25. The van der Waals surface area contributed by atoms with Gasteiger partial charge in [-0.05, 0) is 57.4 Å². The fourth-order valence-electron chi connectivity index (χ4n) is 2.27. The second kappa shape index (κ2) is 9.93. The van der Waals surface area contributed by atoms with Crippen molar-refractivity contribution in [3.63, 3.8) is 0 Å². The molecule has 0 aromatic carbocycles. The van der Waals surface area contributed by atoms with Crippen LogP contribution in [0.3, 0.4) is 0 Å². The molecule has 1 aliphatic rings. The highest BCUT2D eigenvalue weighted by atomic mass is 127. The van der Waals surface area contributed by atoms with E-state index in [9.17, 15) is 0 Å². The molecule has 2 heterocycles. The van der Waals surface area contributed by atoms with Crippen LogP contribution in [-0.4, -0.2) is 33.0 Å². The smallest absolute Gasteiger partial charge is 0.0764 e. The lowest BCUT2D eigenvalue weighted by atomic mass is 9.90. The lowest BCUT2D eigenvalue weighted by Crippen LogP contribution is -2.43. The van der Waals surface area contributed by atoms with Crippen molar-refractivity contribution in [3.8, 4) is 0 Å². The molecule has 1 saturated heterocycles. The van der Waals surface area contributed by atoms with Gasteiger partial charge in [0, 0.05) is 24.2 Å². The van der Waals surface area contributed by atoms with Gasteiger partial charge in [0.2, 0.25) is 0 Å². The Hall–Kier alpha value is 0.790. The molecular formula is C16H24BrIO3S. The summed E-state index contributed by atoms with van der Waals surface area (Å²) < 4.78 is 19.2. The van der Waals surface area contributed by atoms with Crippen LogP contribution < -0.4 is 0 Å². The first-order valence-electron chi connectivity index (χ1n) is 7.76. The molecule has 1 aromatic heterocycles. The van der Waals surface area contributed by atoms with Crippen molar-refractivity contribution in [2.24, 2.45) is 5.41 Å². The second-order valence-electron chi connectivity index (χ2n) is 6.17. The van der Waals surface area contributed by atoms with Gasteiger partial charge in [-0.1, -0.05) is 19.8 Å². The van der Waals surface area contributed by atoms with Crippen molar-refractivity contribution in [1.29, 1.82) is 0 Å². The van der Waals surface area contributed by atoms with Crippen LogP contribution in [0.1, 0.15) is 38.2 Å². The van der Waals surface area contributed by atoms with Gasteiger partial charge in [0.1, 0.15) is 0 Å². The molecule has 0 spiro atoms. The summed E-state index contributed by atoms with van der Waals surface area (Å²) in [5, 5.41) is 0. The van der Waals surface area contributed by atoms with E-state index in [-0.39, 0.29) is 5.41 Å². The number of ether oxygens (including phenoxy) is 3. The van der Waals surface area contributed by atoms with Gasteiger partial charge in [-0.15, -0.1) is 11.3 Å². The van der Waals surface area contributed by atoms with Gasteiger partial charge in [-0.3, -0.25) is 0 Å². The summed E-state index contributed by atoms with van der Waals surface area (Å²) in [5.41, 5.74) is 1.54. The van der Waals surface area contributed by atoms with Gasteiger partial charge in [-0.25, -0.2) is 0 Å². The van der Waals surface area contributed by atoms with Crippen LogP contribution in [0.2, 0.25) is 0 Å². The average Bonchev–Trinajstić information content (AvgIpc) is 2.77.